The van der Waals surface area contributed by atoms with Crippen LogP contribution in [-0.4, -0.2) is 16.2 Å². The molecule has 62 valence electrons. The topological polar surface area (TPSA) is 40.5 Å². The van der Waals surface area contributed by atoms with Crippen LogP contribution in [0.5, 0.6) is 0 Å². The predicted molar refractivity (Wildman–Crippen MR) is 42.8 cm³/mol. The van der Waals surface area contributed by atoms with E-state index < -0.39 is 0 Å². The van der Waals surface area contributed by atoms with Gasteiger partial charge in [0.05, 0.1) is 6.54 Å². The zero-order chi connectivity index (χ0) is 8.72. The molecule has 1 amide bonds. The Bertz CT molecular complexity index is 346. The van der Waals surface area contributed by atoms with Crippen LogP contribution >= 0.6 is 0 Å². The molecule has 1 aliphatic heterocycles. The standard InChI is InChI=1S/C9H9NO2/c1-6-3-2-4-7-8(6)5-10(12)9(7)11/h2-4,12H,5H2,1H3. The van der Waals surface area contributed by atoms with Crippen molar-refractivity contribution >= 4 is 5.91 Å². The van der Waals surface area contributed by atoms with Crippen molar-refractivity contribution in [3.05, 3.63) is 34.9 Å². The molecule has 0 fully saturated rings. The fourth-order valence-electron chi connectivity index (χ4n) is 1.47. The molecule has 0 saturated heterocycles. The van der Waals surface area contributed by atoms with Gasteiger partial charge in [0, 0.05) is 5.56 Å². The van der Waals surface area contributed by atoms with Gasteiger partial charge >= 0.3 is 0 Å². The molecule has 1 N–H and O–H groups in total. The van der Waals surface area contributed by atoms with Crippen molar-refractivity contribution in [2.75, 3.05) is 0 Å². The number of fused-ring (bicyclic) bond motifs is 1. The highest BCUT2D eigenvalue weighted by Gasteiger charge is 2.26. The van der Waals surface area contributed by atoms with E-state index in [2.05, 4.69) is 0 Å². The summed E-state index contributed by atoms with van der Waals surface area (Å²) in [6.45, 7) is 2.26. The molecule has 0 unspecified atom stereocenters. The average Bonchev–Trinajstić information content (AvgIpc) is 2.32. The van der Waals surface area contributed by atoms with Gasteiger partial charge in [-0.1, -0.05) is 12.1 Å². The number of hydrogen-bond acceptors (Lipinski definition) is 2. The highest BCUT2D eigenvalue weighted by molar-refractivity contribution is 5.97. The van der Waals surface area contributed by atoms with Crippen LogP contribution in [0.1, 0.15) is 21.5 Å². The van der Waals surface area contributed by atoms with Crippen LogP contribution in [0, 0.1) is 6.92 Å². The zero-order valence-electron chi connectivity index (χ0n) is 6.74. The van der Waals surface area contributed by atoms with Gasteiger partial charge in [-0.05, 0) is 24.1 Å². The van der Waals surface area contributed by atoms with E-state index >= 15 is 0 Å². The third-order valence-electron chi connectivity index (χ3n) is 2.18. The molecule has 0 bridgehead atoms. The maximum absolute atomic E-state index is 11.2. The van der Waals surface area contributed by atoms with Crippen molar-refractivity contribution in [3.8, 4) is 0 Å². The molecule has 1 aromatic rings. The molecule has 1 aromatic carbocycles. The maximum atomic E-state index is 11.2. The lowest BCUT2D eigenvalue weighted by atomic mass is 10.1. The van der Waals surface area contributed by atoms with Crippen LogP contribution in [0.25, 0.3) is 0 Å². The van der Waals surface area contributed by atoms with Gasteiger partial charge in [0.25, 0.3) is 5.91 Å². The Hall–Kier alpha value is -1.35. The van der Waals surface area contributed by atoms with Crippen LogP contribution in [-0.2, 0) is 6.54 Å². The van der Waals surface area contributed by atoms with Crippen LogP contribution in [0.15, 0.2) is 18.2 Å². The number of hydrogen-bond donors (Lipinski definition) is 1. The van der Waals surface area contributed by atoms with Gasteiger partial charge in [-0.25, -0.2) is 5.06 Å². The molecule has 0 atom stereocenters. The lowest BCUT2D eigenvalue weighted by Crippen LogP contribution is -2.18. The molecule has 2 rings (SSSR count). The molecule has 12 heavy (non-hydrogen) atoms. The minimum Gasteiger partial charge on any atom is -0.285 e. The molecule has 1 heterocycles. The maximum Gasteiger partial charge on any atom is 0.277 e. The highest BCUT2D eigenvalue weighted by Crippen LogP contribution is 2.23. The Balaban J connectivity index is 2.61. The molecule has 3 heteroatoms. The molecule has 3 nitrogen and oxygen atoms in total. The molecule has 0 spiro atoms. The summed E-state index contributed by atoms with van der Waals surface area (Å²) in [5.74, 6) is -0.297. The first kappa shape index (κ1) is 7.31. The molecule has 0 aromatic heterocycles. The second-order valence-electron chi connectivity index (χ2n) is 2.96. The number of rotatable bonds is 0. The van der Waals surface area contributed by atoms with Gasteiger partial charge < -0.3 is 0 Å². The van der Waals surface area contributed by atoms with Crippen molar-refractivity contribution in [1.82, 2.24) is 5.06 Å². The summed E-state index contributed by atoms with van der Waals surface area (Å²) >= 11 is 0. The summed E-state index contributed by atoms with van der Waals surface area (Å²) in [7, 11) is 0. The number of benzene rings is 1. The van der Waals surface area contributed by atoms with E-state index in [0.29, 0.717) is 12.1 Å². The first-order chi connectivity index (χ1) is 5.70. The number of carbonyl (C=O) groups is 1. The summed E-state index contributed by atoms with van der Waals surface area (Å²) in [6, 6.07) is 5.50. The first-order valence-electron chi connectivity index (χ1n) is 3.79. The smallest absolute Gasteiger partial charge is 0.277 e. The number of amides is 1. The Morgan fingerprint density at radius 1 is 1.50 bits per heavy atom. The Labute approximate surface area is 70.2 Å². The van der Waals surface area contributed by atoms with Crippen LogP contribution < -0.4 is 0 Å². The van der Waals surface area contributed by atoms with Crippen molar-refractivity contribution in [2.45, 2.75) is 13.5 Å². The third-order valence-corrected chi connectivity index (χ3v) is 2.18. The second-order valence-corrected chi connectivity index (χ2v) is 2.96. The summed E-state index contributed by atoms with van der Waals surface area (Å²) in [4.78, 5) is 11.2. The van der Waals surface area contributed by atoms with Crippen molar-refractivity contribution in [3.63, 3.8) is 0 Å². The predicted octanol–water partition coefficient (Wildman–Crippen LogP) is 1.34. The third kappa shape index (κ3) is 0.833. The quantitative estimate of drug-likeness (QED) is 0.586. The minimum absolute atomic E-state index is 0.297. The van der Waals surface area contributed by atoms with Crippen molar-refractivity contribution < 1.29 is 10.0 Å². The SMILES string of the molecule is Cc1cccc2c1CN(O)C2=O. The van der Waals surface area contributed by atoms with E-state index in [1.165, 1.54) is 0 Å². The molecule has 0 aliphatic carbocycles. The lowest BCUT2D eigenvalue weighted by Gasteiger charge is -2.02. The van der Waals surface area contributed by atoms with Gasteiger partial charge in [-0.3, -0.25) is 10.0 Å². The largest absolute Gasteiger partial charge is 0.285 e. The van der Waals surface area contributed by atoms with Crippen molar-refractivity contribution in [1.29, 1.82) is 0 Å². The highest BCUT2D eigenvalue weighted by atomic mass is 16.5. The Kier molecular flexibility index (Phi) is 1.41. The molecule has 0 saturated carbocycles. The van der Waals surface area contributed by atoms with Gasteiger partial charge in [0.2, 0.25) is 0 Å². The number of hydroxylamine groups is 2. The minimum atomic E-state index is -0.297. The summed E-state index contributed by atoms with van der Waals surface area (Å²) in [5.41, 5.74) is 2.61. The van der Waals surface area contributed by atoms with Gasteiger partial charge in [-0.15, -0.1) is 0 Å². The second kappa shape index (κ2) is 2.32. The Morgan fingerprint density at radius 3 is 2.92 bits per heavy atom. The molecular weight excluding hydrogens is 154 g/mol. The summed E-state index contributed by atoms with van der Waals surface area (Å²) < 4.78 is 0. The van der Waals surface area contributed by atoms with E-state index in [1.807, 2.05) is 19.1 Å². The summed E-state index contributed by atoms with van der Waals surface area (Å²) in [6.07, 6.45) is 0. The average molecular weight is 163 g/mol. The van der Waals surface area contributed by atoms with Crippen LogP contribution in [0.2, 0.25) is 0 Å². The van der Waals surface area contributed by atoms with E-state index in [-0.39, 0.29) is 5.91 Å². The first-order valence-corrected chi connectivity index (χ1v) is 3.79. The van der Waals surface area contributed by atoms with E-state index in [4.69, 9.17) is 5.21 Å². The number of aryl methyl sites for hydroxylation is 1. The van der Waals surface area contributed by atoms with Gasteiger partial charge in [0.15, 0.2) is 0 Å². The van der Waals surface area contributed by atoms with Crippen molar-refractivity contribution in [2.24, 2.45) is 0 Å². The number of nitrogens with zero attached hydrogens (tertiary/aromatic N) is 1. The number of carbonyl (C=O) groups excluding carboxylic acids is 1. The van der Waals surface area contributed by atoms with E-state index in [0.717, 1.165) is 16.2 Å². The van der Waals surface area contributed by atoms with Crippen LogP contribution in [0.3, 0.4) is 0 Å². The van der Waals surface area contributed by atoms with Gasteiger partial charge in [0.1, 0.15) is 0 Å². The van der Waals surface area contributed by atoms with E-state index in [9.17, 15) is 4.79 Å². The fourth-order valence-corrected chi connectivity index (χ4v) is 1.47. The monoisotopic (exact) mass is 163 g/mol. The normalized spacial score (nSPS) is 15.2. The lowest BCUT2D eigenvalue weighted by molar-refractivity contribution is -0.0579. The Morgan fingerprint density at radius 2 is 2.25 bits per heavy atom. The van der Waals surface area contributed by atoms with Gasteiger partial charge in [-0.2, -0.15) is 0 Å². The molecule has 1 aliphatic rings. The molecular formula is C9H9NO2. The summed E-state index contributed by atoms with van der Waals surface area (Å²) in [5, 5.41) is 9.88. The van der Waals surface area contributed by atoms with E-state index in [1.54, 1.807) is 6.07 Å². The zero-order valence-corrected chi connectivity index (χ0v) is 6.74. The molecule has 0 radical (unpaired) electrons. The van der Waals surface area contributed by atoms with Crippen LogP contribution in [0.4, 0.5) is 0 Å². The fraction of sp³-hybridized carbons (Fsp3) is 0.222.